The Morgan fingerprint density at radius 2 is 1.85 bits per heavy atom. The second kappa shape index (κ2) is 10.5. The lowest BCUT2D eigenvalue weighted by Gasteiger charge is -2.24. The van der Waals surface area contributed by atoms with E-state index in [1.165, 1.54) is 4.90 Å². The highest BCUT2D eigenvalue weighted by Gasteiger charge is 2.34. The first-order valence-electron chi connectivity index (χ1n) is 8.60. The number of hydrogen-bond donors (Lipinski definition) is 2. The van der Waals surface area contributed by atoms with E-state index in [0.29, 0.717) is 19.4 Å². The summed E-state index contributed by atoms with van der Waals surface area (Å²) in [6.07, 6.45) is 0.469. The fourth-order valence-electron chi connectivity index (χ4n) is 2.71. The Balaban J connectivity index is 1.75. The van der Waals surface area contributed by atoms with Gasteiger partial charge in [0, 0.05) is 6.54 Å². The van der Waals surface area contributed by atoms with Crippen molar-refractivity contribution in [2.45, 2.75) is 25.5 Å². The van der Waals surface area contributed by atoms with E-state index in [0.717, 1.165) is 5.56 Å². The molecule has 0 aliphatic carbocycles. The van der Waals surface area contributed by atoms with E-state index in [-0.39, 0.29) is 37.3 Å². The predicted molar refractivity (Wildman–Crippen MR) is 98.1 cm³/mol. The van der Waals surface area contributed by atoms with E-state index >= 15 is 0 Å². The van der Waals surface area contributed by atoms with Crippen molar-refractivity contribution >= 4 is 35.3 Å². The number of alkyl carbamates (subject to hydrolysis) is 1. The summed E-state index contributed by atoms with van der Waals surface area (Å²) < 4.78 is 5.04. The molecule has 27 heavy (non-hydrogen) atoms. The number of halogens is 1. The van der Waals surface area contributed by atoms with Crippen LogP contribution in [-0.2, 0) is 25.7 Å². The van der Waals surface area contributed by atoms with E-state index in [9.17, 15) is 19.2 Å². The topological polar surface area (TPSA) is 105 Å². The molecule has 1 fully saturated rings. The van der Waals surface area contributed by atoms with Crippen molar-refractivity contribution < 1.29 is 23.9 Å². The van der Waals surface area contributed by atoms with Gasteiger partial charge in [0.05, 0.1) is 12.4 Å². The van der Waals surface area contributed by atoms with Gasteiger partial charge in [-0.2, -0.15) is 0 Å². The zero-order valence-electron chi connectivity index (χ0n) is 14.8. The highest BCUT2D eigenvalue weighted by Crippen LogP contribution is 2.17. The number of likely N-dealkylation sites (tertiary alicyclic amines) is 1. The van der Waals surface area contributed by atoms with Crippen LogP contribution in [0.25, 0.3) is 0 Å². The second-order valence-electron chi connectivity index (χ2n) is 6.05. The van der Waals surface area contributed by atoms with Crippen molar-refractivity contribution in [3.8, 4) is 0 Å². The number of alkyl halides is 1. The predicted octanol–water partition coefficient (Wildman–Crippen LogP) is 0.828. The Hall–Kier alpha value is -2.61. The van der Waals surface area contributed by atoms with Crippen molar-refractivity contribution in [1.82, 2.24) is 15.5 Å². The Bertz CT molecular complexity index is 683. The molecule has 1 atom stereocenters. The molecule has 1 aliphatic rings. The third kappa shape index (κ3) is 6.56. The third-order valence-corrected chi connectivity index (χ3v) is 4.38. The highest BCUT2D eigenvalue weighted by atomic mass is 35.5. The van der Waals surface area contributed by atoms with E-state index in [1.807, 2.05) is 30.3 Å². The van der Waals surface area contributed by atoms with Gasteiger partial charge in [-0.25, -0.2) is 4.79 Å². The molecule has 0 bridgehead atoms. The van der Waals surface area contributed by atoms with E-state index in [1.54, 1.807) is 0 Å². The maximum absolute atomic E-state index is 12.3. The molecule has 0 radical (unpaired) electrons. The maximum Gasteiger partial charge on any atom is 0.407 e. The average molecular weight is 396 g/mol. The number of carbonyl (C=O) groups is 4. The summed E-state index contributed by atoms with van der Waals surface area (Å²) in [5.74, 6) is -1.26. The lowest BCUT2D eigenvalue weighted by molar-refractivity contribution is -0.138. The molecule has 0 spiro atoms. The number of benzene rings is 1. The van der Waals surface area contributed by atoms with Gasteiger partial charge in [0.25, 0.3) is 0 Å². The standard InChI is InChI=1S/C18H22ClN3O5/c19-9-14(23)10-20-17(25)15-7-4-8-22(15)16(24)11-21-18(26)27-12-13-5-2-1-3-6-13/h1-3,5-6,15H,4,7-12H2,(H,20,25)(H,21,26)/t15-/m0/s1. The number of carbonyl (C=O) groups excluding carboxylic acids is 4. The quantitative estimate of drug-likeness (QED) is 0.634. The number of nitrogens with zero attached hydrogens (tertiary/aromatic N) is 1. The minimum absolute atomic E-state index is 0.101. The van der Waals surface area contributed by atoms with Gasteiger partial charge in [-0.1, -0.05) is 30.3 Å². The highest BCUT2D eigenvalue weighted by molar-refractivity contribution is 6.28. The summed E-state index contributed by atoms with van der Waals surface area (Å²) in [4.78, 5) is 48.8. The Morgan fingerprint density at radius 3 is 2.56 bits per heavy atom. The van der Waals surface area contributed by atoms with Gasteiger partial charge >= 0.3 is 6.09 Å². The van der Waals surface area contributed by atoms with Crippen LogP contribution < -0.4 is 10.6 Å². The molecular formula is C18H22ClN3O5. The van der Waals surface area contributed by atoms with Crippen LogP contribution in [0.15, 0.2) is 30.3 Å². The van der Waals surface area contributed by atoms with Crippen molar-refractivity contribution in [3.05, 3.63) is 35.9 Å². The lowest BCUT2D eigenvalue weighted by Crippen LogP contribution is -2.49. The fourth-order valence-corrected chi connectivity index (χ4v) is 2.81. The molecule has 1 heterocycles. The summed E-state index contributed by atoms with van der Waals surface area (Å²) in [5.41, 5.74) is 0.835. The fraction of sp³-hybridized carbons (Fsp3) is 0.444. The zero-order chi connectivity index (χ0) is 19.6. The number of hydrogen-bond acceptors (Lipinski definition) is 5. The average Bonchev–Trinajstić information content (AvgIpc) is 3.19. The van der Waals surface area contributed by atoms with Crippen LogP contribution in [0.3, 0.4) is 0 Å². The molecule has 2 rings (SSSR count). The van der Waals surface area contributed by atoms with Gasteiger partial charge in [-0.05, 0) is 18.4 Å². The van der Waals surface area contributed by atoms with Crippen LogP contribution in [0, 0.1) is 0 Å². The molecule has 0 unspecified atom stereocenters. The first kappa shape index (κ1) is 20.7. The van der Waals surface area contributed by atoms with Gasteiger partial charge in [0.15, 0.2) is 5.78 Å². The molecule has 0 aromatic heterocycles. The minimum atomic E-state index is -0.708. The van der Waals surface area contributed by atoms with Crippen molar-refractivity contribution in [1.29, 1.82) is 0 Å². The molecule has 9 heteroatoms. The number of nitrogens with one attached hydrogen (secondary N) is 2. The van der Waals surface area contributed by atoms with Gasteiger partial charge in [-0.15, -0.1) is 11.6 Å². The molecule has 1 aromatic carbocycles. The van der Waals surface area contributed by atoms with Gasteiger partial charge in [-0.3, -0.25) is 14.4 Å². The summed E-state index contributed by atoms with van der Waals surface area (Å²) >= 11 is 5.39. The lowest BCUT2D eigenvalue weighted by atomic mass is 10.2. The van der Waals surface area contributed by atoms with Crippen LogP contribution in [0.5, 0.6) is 0 Å². The second-order valence-corrected chi connectivity index (χ2v) is 6.32. The molecule has 0 saturated carbocycles. The molecule has 1 saturated heterocycles. The normalized spacial score (nSPS) is 15.9. The largest absolute Gasteiger partial charge is 0.445 e. The van der Waals surface area contributed by atoms with Gasteiger partial charge in [0.2, 0.25) is 11.8 Å². The number of rotatable bonds is 8. The van der Waals surface area contributed by atoms with Crippen LogP contribution in [0.4, 0.5) is 4.79 Å². The van der Waals surface area contributed by atoms with E-state index in [4.69, 9.17) is 16.3 Å². The maximum atomic E-state index is 12.3. The van der Waals surface area contributed by atoms with Crippen molar-refractivity contribution in [2.75, 3.05) is 25.5 Å². The summed E-state index contributed by atoms with van der Waals surface area (Å²) in [7, 11) is 0. The molecule has 1 aromatic rings. The first-order chi connectivity index (χ1) is 13.0. The number of ether oxygens (including phenoxy) is 1. The first-order valence-corrected chi connectivity index (χ1v) is 9.14. The third-order valence-electron chi connectivity index (χ3n) is 4.08. The van der Waals surface area contributed by atoms with Crippen LogP contribution in [-0.4, -0.2) is 60.1 Å². The summed E-state index contributed by atoms with van der Waals surface area (Å²) in [6, 6.07) is 8.51. The van der Waals surface area contributed by atoms with Crippen molar-refractivity contribution in [2.24, 2.45) is 0 Å². The Kier molecular flexibility index (Phi) is 8.06. The number of ketones is 1. The number of Topliss-reactive ketones (excluding diaryl/α,β-unsaturated/α-hetero) is 1. The van der Waals surface area contributed by atoms with E-state index in [2.05, 4.69) is 10.6 Å². The minimum Gasteiger partial charge on any atom is -0.445 e. The van der Waals surface area contributed by atoms with Crippen LogP contribution in [0.2, 0.25) is 0 Å². The molecule has 3 amide bonds. The Morgan fingerprint density at radius 1 is 1.11 bits per heavy atom. The number of amides is 3. The molecule has 146 valence electrons. The van der Waals surface area contributed by atoms with Crippen LogP contribution in [0.1, 0.15) is 18.4 Å². The molecular weight excluding hydrogens is 374 g/mol. The molecule has 2 N–H and O–H groups in total. The molecule has 8 nitrogen and oxygen atoms in total. The molecule has 1 aliphatic heterocycles. The zero-order valence-corrected chi connectivity index (χ0v) is 15.5. The monoisotopic (exact) mass is 395 g/mol. The summed E-state index contributed by atoms with van der Waals surface area (Å²) in [6.45, 7) is 0.0915. The van der Waals surface area contributed by atoms with Gasteiger partial charge < -0.3 is 20.3 Å². The van der Waals surface area contributed by atoms with E-state index < -0.39 is 18.0 Å². The van der Waals surface area contributed by atoms with Crippen molar-refractivity contribution in [3.63, 3.8) is 0 Å². The summed E-state index contributed by atoms with van der Waals surface area (Å²) in [5, 5.41) is 4.88. The Labute approximate surface area is 162 Å². The van der Waals surface area contributed by atoms with Gasteiger partial charge in [0.1, 0.15) is 19.2 Å². The SMILES string of the molecule is O=C(CCl)CNC(=O)[C@@H]1CCCN1C(=O)CNC(=O)OCc1ccccc1. The van der Waals surface area contributed by atoms with Crippen LogP contribution >= 0.6 is 11.6 Å². The smallest absolute Gasteiger partial charge is 0.407 e.